The fourth-order valence-electron chi connectivity index (χ4n) is 2.97. The van der Waals surface area contributed by atoms with Gasteiger partial charge >= 0.3 is 0 Å². The molecule has 1 fully saturated rings. The van der Waals surface area contributed by atoms with Crippen LogP contribution in [0.4, 0.5) is 0 Å². The second-order valence-corrected chi connectivity index (χ2v) is 5.85. The van der Waals surface area contributed by atoms with Crippen LogP contribution >= 0.6 is 12.4 Å². The van der Waals surface area contributed by atoms with Crippen molar-refractivity contribution in [3.63, 3.8) is 0 Å². The predicted molar refractivity (Wildman–Crippen MR) is 93.2 cm³/mol. The van der Waals surface area contributed by atoms with Crippen LogP contribution < -0.4 is 5.73 Å². The van der Waals surface area contributed by atoms with Crippen LogP contribution in [0.15, 0.2) is 42.5 Å². The highest BCUT2D eigenvalue weighted by molar-refractivity contribution is 5.85. The molecular formula is C18H23ClN2O. The van der Waals surface area contributed by atoms with Crippen molar-refractivity contribution in [3.05, 3.63) is 48.0 Å². The second-order valence-electron chi connectivity index (χ2n) is 5.85. The average molecular weight is 319 g/mol. The van der Waals surface area contributed by atoms with Crippen LogP contribution in [0.25, 0.3) is 10.8 Å². The smallest absolute Gasteiger partial charge is 0.224 e. The highest BCUT2D eigenvalue weighted by Crippen LogP contribution is 2.35. The number of nitrogens with two attached hydrogens (primary N) is 1. The SMILES string of the molecule is CC(c1ccc2ccccc2c1)N(C(=O)CCN)C1CC1.Cl. The number of nitrogens with zero attached hydrogens (tertiary/aromatic N) is 1. The molecule has 3 nitrogen and oxygen atoms in total. The van der Waals surface area contributed by atoms with Crippen molar-refractivity contribution in [1.82, 2.24) is 4.90 Å². The van der Waals surface area contributed by atoms with Crippen LogP contribution in [-0.4, -0.2) is 23.4 Å². The van der Waals surface area contributed by atoms with Crippen LogP contribution in [0.5, 0.6) is 0 Å². The van der Waals surface area contributed by atoms with E-state index in [-0.39, 0.29) is 24.4 Å². The number of halogens is 1. The van der Waals surface area contributed by atoms with Gasteiger partial charge in [0.1, 0.15) is 0 Å². The Hall–Kier alpha value is -1.58. The van der Waals surface area contributed by atoms with E-state index in [1.54, 1.807) is 0 Å². The lowest BCUT2D eigenvalue weighted by molar-refractivity contribution is -0.133. The maximum atomic E-state index is 12.3. The zero-order valence-corrected chi connectivity index (χ0v) is 13.7. The number of benzene rings is 2. The van der Waals surface area contributed by atoms with E-state index < -0.39 is 0 Å². The molecule has 1 amide bonds. The molecular weight excluding hydrogens is 296 g/mol. The van der Waals surface area contributed by atoms with E-state index >= 15 is 0 Å². The monoisotopic (exact) mass is 318 g/mol. The number of carbonyl (C=O) groups excluding carboxylic acids is 1. The summed E-state index contributed by atoms with van der Waals surface area (Å²) in [5.41, 5.74) is 6.75. The third-order valence-corrected chi connectivity index (χ3v) is 4.26. The molecule has 0 bridgehead atoms. The lowest BCUT2D eigenvalue weighted by atomic mass is 10.0. The third-order valence-electron chi connectivity index (χ3n) is 4.26. The summed E-state index contributed by atoms with van der Waals surface area (Å²) in [6, 6.07) is 15.3. The zero-order chi connectivity index (χ0) is 14.8. The molecule has 4 heteroatoms. The Morgan fingerprint density at radius 1 is 1.23 bits per heavy atom. The first-order chi connectivity index (χ1) is 10.2. The van der Waals surface area contributed by atoms with Crippen molar-refractivity contribution in [2.24, 2.45) is 5.73 Å². The van der Waals surface area contributed by atoms with Gasteiger partial charge in [0.2, 0.25) is 5.91 Å². The van der Waals surface area contributed by atoms with Crippen LogP contribution in [0, 0.1) is 0 Å². The molecule has 3 rings (SSSR count). The molecule has 2 N–H and O–H groups in total. The first kappa shape index (κ1) is 16.8. The second kappa shape index (κ2) is 7.12. The van der Waals surface area contributed by atoms with Gasteiger partial charge < -0.3 is 10.6 Å². The average Bonchev–Trinajstić information content (AvgIpc) is 3.32. The van der Waals surface area contributed by atoms with Gasteiger partial charge in [-0.2, -0.15) is 0 Å². The first-order valence-electron chi connectivity index (χ1n) is 7.70. The number of hydrogen-bond donors (Lipinski definition) is 1. The summed E-state index contributed by atoms with van der Waals surface area (Å²) in [6.45, 7) is 2.54. The quantitative estimate of drug-likeness (QED) is 0.914. The molecule has 0 spiro atoms. The molecule has 1 saturated carbocycles. The topological polar surface area (TPSA) is 46.3 Å². The summed E-state index contributed by atoms with van der Waals surface area (Å²) in [5, 5.41) is 2.46. The lowest BCUT2D eigenvalue weighted by Crippen LogP contribution is -2.36. The number of amides is 1. The van der Waals surface area contributed by atoms with Gasteiger partial charge in [-0.05, 0) is 42.2 Å². The zero-order valence-electron chi connectivity index (χ0n) is 12.9. The molecule has 2 aromatic rings. The van der Waals surface area contributed by atoms with Crippen molar-refractivity contribution in [2.75, 3.05) is 6.54 Å². The number of fused-ring (bicyclic) bond motifs is 1. The van der Waals surface area contributed by atoms with Crippen molar-refractivity contribution in [2.45, 2.75) is 38.3 Å². The summed E-state index contributed by atoms with van der Waals surface area (Å²) in [5.74, 6) is 0.181. The molecule has 0 heterocycles. The number of carbonyl (C=O) groups is 1. The molecule has 2 aromatic carbocycles. The van der Waals surface area contributed by atoms with Gasteiger partial charge in [-0.3, -0.25) is 4.79 Å². The molecule has 0 radical (unpaired) electrons. The maximum absolute atomic E-state index is 12.3. The van der Waals surface area contributed by atoms with E-state index in [1.807, 2.05) is 11.0 Å². The first-order valence-corrected chi connectivity index (χ1v) is 7.70. The van der Waals surface area contributed by atoms with E-state index in [0.717, 1.165) is 12.8 Å². The maximum Gasteiger partial charge on any atom is 0.224 e. The summed E-state index contributed by atoms with van der Waals surface area (Å²) < 4.78 is 0. The minimum Gasteiger partial charge on any atom is -0.333 e. The minimum atomic E-state index is 0. The Bertz CT molecular complexity index is 654. The van der Waals surface area contributed by atoms with Crippen molar-refractivity contribution < 1.29 is 4.79 Å². The Labute approximate surface area is 137 Å². The molecule has 0 aliphatic heterocycles. The minimum absolute atomic E-state index is 0. The van der Waals surface area contributed by atoms with Crippen molar-refractivity contribution in [3.8, 4) is 0 Å². The molecule has 0 aromatic heterocycles. The van der Waals surface area contributed by atoms with E-state index in [0.29, 0.717) is 19.0 Å². The summed E-state index contributed by atoms with van der Waals surface area (Å²) in [7, 11) is 0. The van der Waals surface area contributed by atoms with Gasteiger partial charge in [-0.1, -0.05) is 36.4 Å². The van der Waals surface area contributed by atoms with E-state index in [4.69, 9.17) is 5.73 Å². The van der Waals surface area contributed by atoms with Gasteiger partial charge in [0.15, 0.2) is 0 Å². The summed E-state index contributed by atoms with van der Waals surface area (Å²) >= 11 is 0. The van der Waals surface area contributed by atoms with E-state index in [9.17, 15) is 4.79 Å². The Kier molecular flexibility index (Phi) is 5.43. The summed E-state index contributed by atoms with van der Waals surface area (Å²) in [6.07, 6.45) is 2.68. The Morgan fingerprint density at radius 2 is 1.91 bits per heavy atom. The Morgan fingerprint density at radius 3 is 2.55 bits per heavy atom. The lowest BCUT2D eigenvalue weighted by Gasteiger charge is -2.30. The highest BCUT2D eigenvalue weighted by Gasteiger charge is 2.35. The van der Waals surface area contributed by atoms with Gasteiger partial charge in [0.05, 0.1) is 6.04 Å². The van der Waals surface area contributed by atoms with Crippen LogP contribution in [0.2, 0.25) is 0 Å². The normalized spacial score (nSPS) is 15.2. The fourth-order valence-corrected chi connectivity index (χ4v) is 2.97. The highest BCUT2D eigenvalue weighted by atomic mass is 35.5. The van der Waals surface area contributed by atoms with Crippen LogP contribution in [0.3, 0.4) is 0 Å². The Balaban J connectivity index is 0.00000176. The van der Waals surface area contributed by atoms with Gasteiger partial charge in [0.25, 0.3) is 0 Å². The number of hydrogen-bond acceptors (Lipinski definition) is 2. The molecule has 118 valence electrons. The van der Waals surface area contributed by atoms with Crippen molar-refractivity contribution in [1.29, 1.82) is 0 Å². The fraction of sp³-hybridized carbons (Fsp3) is 0.389. The largest absolute Gasteiger partial charge is 0.333 e. The molecule has 1 atom stereocenters. The van der Waals surface area contributed by atoms with Crippen LogP contribution in [-0.2, 0) is 4.79 Å². The molecule has 22 heavy (non-hydrogen) atoms. The standard InChI is InChI=1S/C18H22N2O.ClH/c1-13(20(17-8-9-17)18(21)10-11-19)15-7-6-14-4-2-3-5-16(14)12-15;/h2-7,12-13,17H,8-11,19H2,1H3;1H. The summed E-state index contributed by atoms with van der Waals surface area (Å²) in [4.78, 5) is 14.4. The molecule has 0 saturated heterocycles. The van der Waals surface area contributed by atoms with Crippen molar-refractivity contribution >= 4 is 29.1 Å². The number of rotatable bonds is 5. The van der Waals surface area contributed by atoms with Gasteiger partial charge in [-0.15, -0.1) is 12.4 Å². The van der Waals surface area contributed by atoms with E-state index in [1.165, 1.54) is 16.3 Å². The van der Waals surface area contributed by atoms with Crippen LogP contribution in [0.1, 0.15) is 37.8 Å². The molecule has 1 aliphatic carbocycles. The predicted octanol–water partition coefficient (Wildman–Crippen LogP) is 3.66. The van der Waals surface area contributed by atoms with Gasteiger partial charge in [0, 0.05) is 19.0 Å². The van der Waals surface area contributed by atoms with E-state index in [2.05, 4.69) is 43.3 Å². The molecule has 1 aliphatic rings. The third kappa shape index (κ3) is 3.42. The molecule has 1 unspecified atom stereocenters. The van der Waals surface area contributed by atoms with Gasteiger partial charge in [-0.25, -0.2) is 0 Å².